The summed E-state index contributed by atoms with van der Waals surface area (Å²) < 4.78 is 0. The van der Waals surface area contributed by atoms with Gasteiger partial charge in [-0.05, 0) is 36.4 Å². The molecule has 0 saturated carbocycles. The lowest BCUT2D eigenvalue weighted by molar-refractivity contribution is -0.115. The van der Waals surface area contributed by atoms with Gasteiger partial charge < -0.3 is 5.73 Å². The molecule has 0 heterocycles. The molecular weight excluding hydrogens is 394 g/mol. The first-order chi connectivity index (χ1) is 11.3. The summed E-state index contributed by atoms with van der Waals surface area (Å²) in [5, 5.41) is 1.22. The Labute approximate surface area is 158 Å². The SMILES string of the molecule is NC(=O)/C=C/C(=O)N(c1ccc(Cl)c(Cl)c1)c1ccc(Cl)c(Cl)c1. The number of nitrogens with zero attached hydrogens (tertiary/aromatic N) is 1. The van der Waals surface area contributed by atoms with Gasteiger partial charge in [-0.2, -0.15) is 0 Å². The summed E-state index contributed by atoms with van der Waals surface area (Å²) in [6.45, 7) is 0. The molecule has 4 nitrogen and oxygen atoms in total. The van der Waals surface area contributed by atoms with E-state index in [1.807, 2.05) is 0 Å². The van der Waals surface area contributed by atoms with Gasteiger partial charge in [0.15, 0.2) is 0 Å². The minimum Gasteiger partial charge on any atom is -0.366 e. The number of halogens is 4. The summed E-state index contributed by atoms with van der Waals surface area (Å²) in [6.07, 6.45) is 2.01. The normalized spacial score (nSPS) is 10.8. The van der Waals surface area contributed by atoms with Crippen LogP contribution in [0.15, 0.2) is 48.6 Å². The van der Waals surface area contributed by atoms with Crippen molar-refractivity contribution >= 4 is 69.6 Å². The molecular formula is C16H10Cl4N2O2. The molecule has 0 aliphatic heterocycles. The monoisotopic (exact) mass is 402 g/mol. The first-order valence-corrected chi connectivity index (χ1v) is 8.02. The van der Waals surface area contributed by atoms with Gasteiger partial charge in [0.2, 0.25) is 5.91 Å². The number of anilines is 2. The number of rotatable bonds is 4. The van der Waals surface area contributed by atoms with E-state index in [2.05, 4.69) is 0 Å². The maximum absolute atomic E-state index is 12.5. The Balaban J connectivity index is 2.55. The lowest BCUT2D eigenvalue weighted by Gasteiger charge is -2.22. The molecule has 0 aromatic heterocycles. The average Bonchev–Trinajstić information content (AvgIpc) is 2.52. The molecule has 0 saturated heterocycles. The highest BCUT2D eigenvalue weighted by atomic mass is 35.5. The van der Waals surface area contributed by atoms with Crippen LogP contribution in [0.1, 0.15) is 0 Å². The summed E-state index contributed by atoms with van der Waals surface area (Å²) in [6, 6.07) is 9.34. The van der Waals surface area contributed by atoms with E-state index < -0.39 is 11.8 Å². The highest BCUT2D eigenvalue weighted by Crippen LogP contribution is 2.34. The van der Waals surface area contributed by atoms with E-state index in [0.29, 0.717) is 21.4 Å². The predicted molar refractivity (Wildman–Crippen MR) is 98.4 cm³/mol. The number of nitrogens with two attached hydrogens (primary N) is 1. The summed E-state index contributed by atoms with van der Waals surface area (Å²) in [5.74, 6) is -1.27. The topological polar surface area (TPSA) is 63.4 Å². The predicted octanol–water partition coefficient (Wildman–Crippen LogP) is 5.01. The van der Waals surface area contributed by atoms with Crippen molar-refractivity contribution in [1.82, 2.24) is 0 Å². The van der Waals surface area contributed by atoms with Crippen LogP contribution in [-0.4, -0.2) is 11.8 Å². The van der Waals surface area contributed by atoms with Gasteiger partial charge in [0.05, 0.1) is 31.5 Å². The van der Waals surface area contributed by atoms with Gasteiger partial charge in [-0.25, -0.2) is 0 Å². The van der Waals surface area contributed by atoms with Gasteiger partial charge in [-0.1, -0.05) is 46.4 Å². The van der Waals surface area contributed by atoms with Crippen molar-refractivity contribution in [3.8, 4) is 0 Å². The van der Waals surface area contributed by atoms with Crippen molar-refractivity contribution in [3.63, 3.8) is 0 Å². The molecule has 2 rings (SSSR count). The molecule has 2 amide bonds. The fraction of sp³-hybridized carbons (Fsp3) is 0. The molecule has 2 aromatic rings. The highest BCUT2D eigenvalue weighted by molar-refractivity contribution is 6.43. The molecule has 0 spiro atoms. The molecule has 124 valence electrons. The molecule has 0 radical (unpaired) electrons. The Hall–Kier alpha value is -1.72. The van der Waals surface area contributed by atoms with Crippen LogP contribution in [0.2, 0.25) is 20.1 Å². The minimum atomic E-state index is -0.744. The number of hydrogen-bond acceptors (Lipinski definition) is 2. The summed E-state index contributed by atoms with van der Waals surface area (Å²) >= 11 is 23.9. The number of benzene rings is 2. The fourth-order valence-corrected chi connectivity index (χ4v) is 2.46. The Morgan fingerprint density at radius 3 is 1.62 bits per heavy atom. The maximum Gasteiger partial charge on any atom is 0.255 e. The molecule has 2 N–H and O–H groups in total. The third-order valence-electron chi connectivity index (χ3n) is 2.93. The van der Waals surface area contributed by atoms with Gasteiger partial charge >= 0.3 is 0 Å². The van der Waals surface area contributed by atoms with Crippen LogP contribution in [0.3, 0.4) is 0 Å². The van der Waals surface area contributed by atoms with E-state index in [1.165, 1.54) is 17.0 Å². The number of hydrogen-bond donors (Lipinski definition) is 1. The van der Waals surface area contributed by atoms with Crippen molar-refractivity contribution in [2.75, 3.05) is 4.90 Å². The first-order valence-electron chi connectivity index (χ1n) is 6.51. The van der Waals surface area contributed by atoms with Crippen molar-refractivity contribution in [1.29, 1.82) is 0 Å². The molecule has 0 bridgehead atoms. The van der Waals surface area contributed by atoms with Crippen LogP contribution in [0, 0.1) is 0 Å². The summed E-state index contributed by atoms with van der Waals surface area (Å²) in [5.41, 5.74) is 5.90. The van der Waals surface area contributed by atoms with E-state index in [4.69, 9.17) is 52.1 Å². The maximum atomic E-state index is 12.5. The fourth-order valence-electron chi connectivity index (χ4n) is 1.88. The Bertz CT molecular complexity index is 785. The van der Waals surface area contributed by atoms with Crippen molar-refractivity contribution in [3.05, 3.63) is 68.6 Å². The Morgan fingerprint density at radius 1 is 0.792 bits per heavy atom. The molecule has 0 atom stereocenters. The average molecular weight is 404 g/mol. The smallest absolute Gasteiger partial charge is 0.255 e. The quantitative estimate of drug-likeness (QED) is 0.729. The van der Waals surface area contributed by atoms with Crippen molar-refractivity contribution < 1.29 is 9.59 Å². The second-order valence-corrected chi connectivity index (χ2v) is 6.23. The largest absolute Gasteiger partial charge is 0.366 e. The van der Waals surface area contributed by atoms with Crippen LogP contribution >= 0.6 is 46.4 Å². The first kappa shape index (κ1) is 18.6. The number of carbonyl (C=O) groups excluding carboxylic acids is 2. The zero-order valence-electron chi connectivity index (χ0n) is 12.0. The van der Waals surface area contributed by atoms with Crippen molar-refractivity contribution in [2.45, 2.75) is 0 Å². The lowest BCUT2D eigenvalue weighted by Crippen LogP contribution is -2.24. The number of amides is 2. The zero-order valence-corrected chi connectivity index (χ0v) is 15.0. The third kappa shape index (κ3) is 4.42. The van der Waals surface area contributed by atoms with Crippen LogP contribution < -0.4 is 10.6 Å². The molecule has 24 heavy (non-hydrogen) atoms. The standard InChI is InChI=1S/C16H10Cl4N2O2/c17-11-3-1-9(7-13(11)19)22(16(24)6-5-15(21)23)10-2-4-12(18)14(20)8-10/h1-8H,(H2,21,23)/b6-5+. The van der Waals surface area contributed by atoms with E-state index in [9.17, 15) is 9.59 Å². The minimum absolute atomic E-state index is 0.269. The van der Waals surface area contributed by atoms with Crippen LogP contribution in [0.4, 0.5) is 11.4 Å². The van der Waals surface area contributed by atoms with Gasteiger partial charge in [-0.15, -0.1) is 0 Å². The molecule has 8 heteroatoms. The van der Waals surface area contributed by atoms with E-state index >= 15 is 0 Å². The number of primary amides is 1. The van der Waals surface area contributed by atoms with E-state index in [-0.39, 0.29) is 10.0 Å². The summed E-state index contributed by atoms with van der Waals surface area (Å²) in [4.78, 5) is 24.7. The third-order valence-corrected chi connectivity index (χ3v) is 4.41. The molecule has 2 aromatic carbocycles. The van der Waals surface area contributed by atoms with Gasteiger partial charge in [0, 0.05) is 12.2 Å². The molecule has 0 aliphatic carbocycles. The van der Waals surface area contributed by atoms with Crippen LogP contribution in [0.5, 0.6) is 0 Å². The zero-order chi connectivity index (χ0) is 17.9. The highest BCUT2D eigenvalue weighted by Gasteiger charge is 2.18. The van der Waals surface area contributed by atoms with Crippen molar-refractivity contribution in [2.24, 2.45) is 5.73 Å². The van der Waals surface area contributed by atoms with Crippen LogP contribution in [0.25, 0.3) is 0 Å². The molecule has 0 aliphatic rings. The van der Waals surface area contributed by atoms with E-state index in [1.54, 1.807) is 24.3 Å². The Kier molecular flexibility index (Phi) is 6.13. The van der Waals surface area contributed by atoms with Gasteiger partial charge in [0.1, 0.15) is 0 Å². The lowest BCUT2D eigenvalue weighted by atomic mass is 10.2. The summed E-state index contributed by atoms with van der Waals surface area (Å²) in [7, 11) is 0. The molecule has 0 unspecified atom stereocenters. The van der Waals surface area contributed by atoms with E-state index in [0.717, 1.165) is 12.2 Å². The van der Waals surface area contributed by atoms with Gasteiger partial charge in [-0.3, -0.25) is 14.5 Å². The second-order valence-electron chi connectivity index (χ2n) is 4.61. The van der Waals surface area contributed by atoms with Crippen LogP contribution in [-0.2, 0) is 9.59 Å². The molecule has 0 fully saturated rings. The number of carbonyl (C=O) groups is 2. The second kappa shape index (κ2) is 7.90. The Morgan fingerprint density at radius 2 is 1.25 bits per heavy atom. The van der Waals surface area contributed by atoms with Gasteiger partial charge in [0.25, 0.3) is 5.91 Å².